The van der Waals surface area contributed by atoms with E-state index in [4.69, 9.17) is 36.1 Å². The lowest BCUT2D eigenvalue weighted by atomic mass is 9.87. The lowest BCUT2D eigenvalue weighted by Gasteiger charge is -2.34. The molecule has 0 fully saturated rings. The van der Waals surface area contributed by atoms with E-state index in [0.29, 0.717) is 19.6 Å². The lowest BCUT2D eigenvalue weighted by Crippen LogP contribution is -2.35. The van der Waals surface area contributed by atoms with Crippen molar-refractivity contribution in [2.45, 2.75) is 63.1 Å². The van der Waals surface area contributed by atoms with Gasteiger partial charge in [0.25, 0.3) is 0 Å². The maximum absolute atomic E-state index is 6.70. The van der Waals surface area contributed by atoms with E-state index in [2.05, 4.69) is 37.3 Å². The van der Waals surface area contributed by atoms with Crippen LogP contribution in [0.1, 0.15) is 76.0 Å². The maximum atomic E-state index is 6.70. The van der Waals surface area contributed by atoms with Gasteiger partial charge in [0.1, 0.15) is 23.4 Å². The van der Waals surface area contributed by atoms with E-state index in [1.165, 1.54) is 16.7 Å². The van der Waals surface area contributed by atoms with Gasteiger partial charge in [0.05, 0.1) is 38.0 Å². The van der Waals surface area contributed by atoms with Crippen molar-refractivity contribution in [3.63, 3.8) is 0 Å². The molecule has 0 spiro atoms. The summed E-state index contributed by atoms with van der Waals surface area (Å²) in [5.41, 5.74) is 27.3. The Hall–Kier alpha value is -3.10. The number of fused-ring (bicyclic) bond motifs is 3. The summed E-state index contributed by atoms with van der Waals surface area (Å²) in [5.74, 6) is 2.31. The first-order valence-corrected chi connectivity index (χ1v) is 13.0. The number of aryl methyl sites for hydroxylation is 1. The van der Waals surface area contributed by atoms with Crippen LogP contribution in [0.25, 0.3) is 0 Å². The second kappa shape index (κ2) is 9.65. The summed E-state index contributed by atoms with van der Waals surface area (Å²) in [7, 11) is 1.66. The maximum Gasteiger partial charge on any atom is 0.128 e. The molecule has 0 saturated heterocycles. The molecule has 3 aliphatic heterocycles. The normalized spacial score (nSPS) is 26.2. The summed E-state index contributed by atoms with van der Waals surface area (Å²) in [6.07, 6.45) is 1.85. The molecule has 37 heavy (non-hydrogen) atoms. The van der Waals surface area contributed by atoms with Crippen LogP contribution in [0.5, 0.6) is 17.2 Å². The molecule has 194 valence electrons. The molecule has 5 unspecified atom stereocenters. The van der Waals surface area contributed by atoms with Crippen molar-refractivity contribution in [1.82, 2.24) is 0 Å². The second-order valence-corrected chi connectivity index (χ2v) is 10.4. The van der Waals surface area contributed by atoms with Gasteiger partial charge in [-0.25, -0.2) is 0 Å². The van der Waals surface area contributed by atoms with E-state index in [1.807, 2.05) is 18.2 Å². The summed E-state index contributed by atoms with van der Waals surface area (Å²) in [4.78, 5) is 0. The van der Waals surface area contributed by atoms with Gasteiger partial charge in [-0.3, -0.25) is 0 Å². The van der Waals surface area contributed by atoms with Gasteiger partial charge < -0.3 is 36.1 Å². The molecule has 0 amide bonds. The van der Waals surface area contributed by atoms with Crippen molar-refractivity contribution in [2.75, 3.05) is 13.7 Å². The first-order valence-electron chi connectivity index (χ1n) is 13.0. The summed E-state index contributed by atoms with van der Waals surface area (Å²) in [6.45, 7) is 3.29. The number of methoxy groups -OCH3 is 1. The highest BCUT2D eigenvalue weighted by atomic mass is 16.5. The molecule has 0 aliphatic carbocycles. The second-order valence-electron chi connectivity index (χ2n) is 10.4. The Morgan fingerprint density at radius 3 is 2.68 bits per heavy atom. The predicted octanol–water partition coefficient (Wildman–Crippen LogP) is 4.45. The molecule has 7 nitrogen and oxygen atoms in total. The van der Waals surface area contributed by atoms with Crippen LogP contribution < -0.4 is 31.4 Å². The summed E-state index contributed by atoms with van der Waals surface area (Å²) < 4.78 is 24.2. The molecular weight excluding hydrogens is 466 g/mol. The standard InChI is InChI=1S/C30H35N3O4/c1-16-4-3-5-19-21(16)15-36-28(30(19)33)11-17-6-7-24-20(10-17)23(32)14-25(37-24)18-12-26(34-2)29-22(31)8-9-35-27(29)13-18/h3-7,10,12-13,22-23,25,28,30H,8-9,11,14-15,31-33H2,1-2H3. The minimum Gasteiger partial charge on any atom is -0.496 e. The van der Waals surface area contributed by atoms with Crippen LogP contribution in [0.15, 0.2) is 48.5 Å². The first kappa shape index (κ1) is 24.2. The largest absolute Gasteiger partial charge is 0.496 e. The molecule has 3 aromatic rings. The van der Waals surface area contributed by atoms with Gasteiger partial charge in [-0.1, -0.05) is 30.3 Å². The molecule has 3 aliphatic rings. The van der Waals surface area contributed by atoms with Crippen LogP contribution in [-0.2, 0) is 17.8 Å². The minimum absolute atomic E-state index is 0.0878. The molecule has 5 atom stereocenters. The predicted molar refractivity (Wildman–Crippen MR) is 142 cm³/mol. The van der Waals surface area contributed by atoms with E-state index in [1.54, 1.807) is 7.11 Å². The highest BCUT2D eigenvalue weighted by Crippen LogP contribution is 2.45. The Morgan fingerprint density at radius 1 is 0.973 bits per heavy atom. The average Bonchev–Trinajstić information content (AvgIpc) is 2.90. The fourth-order valence-electron chi connectivity index (χ4n) is 5.93. The molecular formula is C30H35N3O4. The van der Waals surface area contributed by atoms with Gasteiger partial charge in [0.15, 0.2) is 0 Å². The molecule has 6 N–H and O–H groups in total. The quantitative estimate of drug-likeness (QED) is 0.484. The Kier molecular flexibility index (Phi) is 6.32. The number of benzene rings is 3. The van der Waals surface area contributed by atoms with Crippen molar-refractivity contribution in [3.8, 4) is 17.2 Å². The minimum atomic E-state index is -0.204. The molecule has 0 aromatic heterocycles. The van der Waals surface area contributed by atoms with Gasteiger partial charge >= 0.3 is 0 Å². The SMILES string of the molecule is COc1cc(C2CC(N)c3cc(CC4OCc5c(C)cccc5C4N)ccc3O2)cc2c1C(N)CCO2. The summed E-state index contributed by atoms with van der Waals surface area (Å²) >= 11 is 0. The Balaban J connectivity index is 1.22. The Labute approximate surface area is 217 Å². The van der Waals surface area contributed by atoms with Crippen LogP contribution >= 0.6 is 0 Å². The Morgan fingerprint density at radius 2 is 1.84 bits per heavy atom. The fraction of sp³-hybridized carbons (Fsp3) is 0.400. The van der Waals surface area contributed by atoms with Crippen LogP contribution in [-0.4, -0.2) is 19.8 Å². The van der Waals surface area contributed by atoms with Crippen molar-refractivity contribution < 1.29 is 18.9 Å². The summed E-state index contributed by atoms with van der Waals surface area (Å²) in [6, 6.07) is 16.2. The van der Waals surface area contributed by atoms with Gasteiger partial charge in [-0.2, -0.15) is 0 Å². The number of rotatable bonds is 4. The Bertz CT molecular complexity index is 1310. The molecule has 6 rings (SSSR count). The number of nitrogens with two attached hydrogens (primary N) is 3. The third-order valence-electron chi connectivity index (χ3n) is 8.07. The monoisotopic (exact) mass is 501 g/mol. The van der Waals surface area contributed by atoms with Crippen molar-refractivity contribution in [2.24, 2.45) is 17.2 Å². The smallest absolute Gasteiger partial charge is 0.128 e. The van der Waals surface area contributed by atoms with Crippen molar-refractivity contribution >= 4 is 0 Å². The average molecular weight is 502 g/mol. The topological polar surface area (TPSA) is 115 Å². The molecule has 3 aromatic carbocycles. The number of hydrogen-bond acceptors (Lipinski definition) is 7. The third-order valence-corrected chi connectivity index (χ3v) is 8.07. The summed E-state index contributed by atoms with van der Waals surface area (Å²) in [5, 5.41) is 0. The van der Waals surface area contributed by atoms with Crippen molar-refractivity contribution in [3.05, 3.63) is 87.5 Å². The fourth-order valence-corrected chi connectivity index (χ4v) is 5.93. The van der Waals surface area contributed by atoms with E-state index in [0.717, 1.165) is 52.3 Å². The van der Waals surface area contributed by atoms with Crippen LogP contribution in [0.3, 0.4) is 0 Å². The highest BCUT2D eigenvalue weighted by molar-refractivity contribution is 5.52. The molecule has 0 bridgehead atoms. The molecule has 0 saturated carbocycles. The van der Waals surface area contributed by atoms with E-state index in [9.17, 15) is 0 Å². The van der Waals surface area contributed by atoms with Gasteiger partial charge in [-0.05, 0) is 52.9 Å². The van der Waals surface area contributed by atoms with Crippen LogP contribution in [0.4, 0.5) is 0 Å². The zero-order valence-electron chi connectivity index (χ0n) is 21.4. The van der Waals surface area contributed by atoms with Gasteiger partial charge in [-0.15, -0.1) is 0 Å². The van der Waals surface area contributed by atoms with Gasteiger partial charge in [0.2, 0.25) is 0 Å². The van der Waals surface area contributed by atoms with Crippen molar-refractivity contribution in [1.29, 1.82) is 0 Å². The lowest BCUT2D eigenvalue weighted by molar-refractivity contribution is 0.00900. The van der Waals surface area contributed by atoms with Crippen LogP contribution in [0.2, 0.25) is 0 Å². The van der Waals surface area contributed by atoms with Gasteiger partial charge in [0, 0.05) is 36.9 Å². The van der Waals surface area contributed by atoms with E-state index in [-0.39, 0.29) is 30.3 Å². The van der Waals surface area contributed by atoms with E-state index < -0.39 is 0 Å². The molecule has 7 heteroatoms. The number of hydrogen-bond donors (Lipinski definition) is 3. The molecule has 3 heterocycles. The zero-order chi connectivity index (χ0) is 25.7. The first-order chi connectivity index (χ1) is 17.9. The number of ether oxygens (including phenoxy) is 4. The molecule has 0 radical (unpaired) electrons. The highest BCUT2D eigenvalue weighted by Gasteiger charge is 2.32. The van der Waals surface area contributed by atoms with Crippen LogP contribution in [0, 0.1) is 6.92 Å². The van der Waals surface area contributed by atoms with E-state index >= 15 is 0 Å². The third kappa shape index (κ3) is 4.36. The zero-order valence-corrected chi connectivity index (χ0v) is 21.4.